The van der Waals surface area contributed by atoms with Gasteiger partial charge in [0.1, 0.15) is 5.01 Å². The van der Waals surface area contributed by atoms with E-state index in [0.29, 0.717) is 18.6 Å². The van der Waals surface area contributed by atoms with Crippen LogP contribution in [-0.4, -0.2) is 41.9 Å². The van der Waals surface area contributed by atoms with Gasteiger partial charge in [-0.1, -0.05) is 12.1 Å². The maximum absolute atomic E-state index is 12.4. The zero-order valence-corrected chi connectivity index (χ0v) is 14.4. The van der Waals surface area contributed by atoms with Gasteiger partial charge in [0.05, 0.1) is 12.1 Å². The van der Waals surface area contributed by atoms with Crippen LogP contribution in [0.4, 0.5) is 0 Å². The van der Waals surface area contributed by atoms with Crippen LogP contribution in [0.15, 0.2) is 29.6 Å². The largest absolute Gasteiger partial charge is 0.396 e. The van der Waals surface area contributed by atoms with Crippen LogP contribution in [0.5, 0.6) is 0 Å². The second-order valence-electron chi connectivity index (χ2n) is 5.79. The van der Waals surface area contributed by atoms with Crippen molar-refractivity contribution >= 4 is 17.2 Å². The molecule has 1 aromatic carbocycles. The minimum Gasteiger partial charge on any atom is -0.396 e. The Bertz CT molecular complexity index is 646. The van der Waals surface area contributed by atoms with E-state index in [1.165, 1.54) is 0 Å². The molecule has 2 rings (SSSR count). The summed E-state index contributed by atoms with van der Waals surface area (Å²) in [6, 6.07) is 7.36. The van der Waals surface area contributed by atoms with Crippen LogP contribution in [-0.2, 0) is 4.74 Å². The highest BCUT2D eigenvalue weighted by Crippen LogP contribution is 2.24. The summed E-state index contributed by atoms with van der Waals surface area (Å²) >= 11 is 1.58. The lowest BCUT2D eigenvalue weighted by atomic mass is 9.98. The molecule has 1 atom stereocenters. The summed E-state index contributed by atoms with van der Waals surface area (Å²) in [5.41, 5.74) is 1.97. The molecule has 2 N–H and O–H groups in total. The normalized spacial score (nSPS) is 13.6. The van der Waals surface area contributed by atoms with Gasteiger partial charge in [0.2, 0.25) is 0 Å². The van der Waals surface area contributed by atoms with Gasteiger partial charge in [-0.05, 0) is 32.4 Å². The summed E-state index contributed by atoms with van der Waals surface area (Å²) in [7, 11) is 1.58. The van der Waals surface area contributed by atoms with Gasteiger partial charge in [-0.3, -0.25) is 4.79 Å². The smallest absolute Gasteiger partial charge is 0.251 e. The number of methoxy groups -OCH3 is 1. The number of nitrogens with one attached hydrogen (secondary N) is 1. The zero-order chi connectivity index (χ0) is 16.9. The van der Waals surface area contributed by atoms with E-state index in [1.54, 1.807) is 30.6 Å². The highest BCUT2D eigenvalue weighted by molar-refractivity contribution is 7.13. The fraction of sp³-hybridized carbons (Fsp3) is 0.412. The van der Waals surface area contributed by atoms with Gasteiger partial charge in [-0.2, -0.15) is 0 Å². The lowest BCUT2D eigenvalue weighted by Crippen LogP contribution is -2.50. The van der Waals surface area contributed by atoms with E-state index < -0.39 is 5.54 Å². The van der Waals surface area contributed by atoms with Crippen molar-refractivity contribution in [3.05, 3.63) is 40.9 Å². The molecule has 0 spiro atoms. The Hall–Kier alpha value is -1.76. The molecule has 0 saturated heterocycles. The number of benzene rings is 1. The topological polar surface area (TPSA) is 71.5 Å². The van der Waals surface area contributed by atoms with Crippen molar-refractivity contribution < 1.29 is 14.6 Å². The number of hydrogen-bond donors (Lipinski definition) is 2. The fourth-order valence-electron chi connectivity index (χ4n) is 2.33. The SMILES string of the molecule is COCC(C)(CCO)NC(=O)c1ccc(-c2nc(C)cs2)cc1. The van der Waals surface area contributed by atoms with Crippen molar-refractivity contribution in [3.63, 3.8) is 0 Å². The van der Waals surface area contributed by atoms with Crippen LogP contribution in [0.3, 0.4) is 0 Å². The van der Waals surface area contributed by atoms with Crippen LogP contribution in [0.1, 0.15) is 29.4 Å². The highest BCUT2D eigenvalue weighted by atomic mass is 32.1. The predicted molar refractivity (Wildman–Crippen MR) is 91.7 cm³/mol. The maximum atomic E-state index is 12.4. The van der Waals surface area contributed by atoms with Crippen LogP contribution in [0.2, 0.25) is 0 Å². The third kappa shape index (κ3) is 4.60. The quantitative estimate of drug-likeness (QED) is 0.816. The van der Waals surface area contributed by atoms with Gasteiger partial charge < -0.3 is 15.2 Å². The molecule has 0 aliphatic carbocycles. The average Bonchev–Trinajstić information content (AvgIpc) is 2.94. The summed E-state index contributed by atoms with van der Waals surface area (Å²) in [5, 5.41) is 15.0. The molecule has 2 aromatic rings. The van der Waals surface area contributed by atoms with Crippen molar-refractivity contribution in [2.24, 2.45) is 0 Å². The molecule has 6 heteroatoms. The second kappa shape index (κ2) is 7.68. The molecule has 1 aromatic heterocycles. The van der Waals surface area contributed by atoms with Gasteiger partial charge in [-0.25, -0.2) is 4.98 Å². The molecule has 0 aliphatic rings. The first-order valence-corrected chi connectivity index (χ1v) is 8.30. The Labute approximate surface area is 140 Å². The number of ether oxygens (including phenoxy) is 1. The molecule has 1 unspecified atom stereocenters. The summed E-state index contributed by atoms with van der Waals surface area (Å²) in [6.45, 7) is 4.15. The third-order valence-electron chi connectivity index (χ3n) is 3.55. The number of aromatic nitrogens is 1. The van der Waals surface area contributed by atoms with Crippen molar-refractivity contribution in [1.29, 1.82) is 0 Å². The molecule has 0 bridgehead atoms. The van der Waals surface area contributed by atoms with Crippen LogP contribution >= 0.6 is 11.3 Å². The Morgan fingerprint density at radius 2 is 2.09 bits per heavy atom. The van der Waals surface area contributed by atoms with E-state index >= 15 is 0 Å². The molecule has 5 nitrogen and oxygen atoms in total. The van der Waals surface area contributed by atoms with Gasteiger partial charge >= 0.3 is 0 Å². The summed E-state index contributed by atoms with van der Waals surface area (Å²) in [6.07, 6.45) is 0.434. The summed E-state index contributed by atoms with van der Waals surface area (Å²) in [5.74, 6) is -0.181. The van der Waals surface area contributed by atoms with Gasteiger partial charge in [0.15, 0.2) is 0 Å². The Balaban J connectivity index is 2.10. The van der Waals surface area contributed by atoms with Gasteiger partial charge in [-0.15, -0.1) is 11.3 Å². The van der Waals surface area contributed by atoms with E-state index in [2.05, 4.69) is 10.3 Å². The number of carbonyl (C=O) groups excluding carboxylic acids is 1. The third-order valence-corrected chi connectivity index (χ3v) is 4.56. The minimum absolute atomic E-state index is 0.0114. The van der Waals surface area contributed by atoms with Crippen molar-refractivity contribution in [3.8, 4) is 10.6 Å². The van der Waals surface area contributed by atoms with Crippen molar-refractivity contribution in [1.82, 2.24) is 10.3 Å². The minimum atomic E-state index is -0.592. The molecule has 0 aliphatic heterocycles. The molecule has 0 saturated carbocycles. The van der Waals surface area contributed by atoms with E-state index in [4.69, 9.17) is 9.84 Å². The molecule has 124 valence electrons. The van der Waals surface area contributed by atoms with Crippen molar-refractivity contribution in [2.75, 3.05) is 20.3 Å². The van der Waals surface area contributed by atoms with Crippen LogP contribution in [0.25, 0.3) is 10.6 Å². The van der Waals surface area contributed by atoms with E-state index in [0.717, 1.165) is 16.3 Å². The standard InChI is InChI=1S/C17H22N2O3S/c1-12-10-23-16(18-12)14-6-4-13(5-7-14)15(21)19-17(2,8-9-20)11-22-3/h4-7,10,20H,8-9,11H2,1-3H3,(H,19,21). The first kappa shape index (κ1) is 17.6. The number of aliphatic hydroxyl groups is 1. The molecule has 1 amide bonds. The number of thiazole rings is 1. The monoisotopic (exact) mass is 334 g/mol. The van der Waals surface area contributed by atoms with Crippen LogP contribution in [0, 0.1) is 6.92 Å². The van der Waals surface area contributed by atoms with E-state index in [-0.39, 0.29) is 12.5 Å². The maximum Gasteiger partial charge on any atom is 0.251 e. The number of aryl methyl sites for hydroxylation is 1. The molecule has 0 radical (unpaired) electrons. The number of rotatable bonds is 7. The van der Waals surface area contributed by atoms with Gasteiger partial charge in [0.25, 0.3) is 5.91 Å². The summed E-state index contributed by atoms with van der Waals surface area (Å²) in [4.78, 5) is 16.8. The molecular formula is C17H22N2O3S. The lowest BCUT2D eigenvalue weighted by molar-refractivity contribution is 0.0725. The van der Waals surface area contributed by atoms with Gasteiger partial charge in [0, 0.05) is 35.9 Å². The molecule has 0 fully saturated rings. The first-order valence-electron chi connectivity index (χ1n) is 7.42. The number of hydrogen-bond acceptors (Lipinski definition) is 5. The lowest BCUT2D eigenvalue weighted by Gasteiger charge is -2.29. The number of amides is 1. The van der Waals surface area contributed by atoms with Crippen molar-refractivity contribution in [2.45, 2.75) is 25.8 Å². The molecule has 23 heavy (non-hydrogen) atoms. The van der Waals surface area contributed by atoms with E-state index in [9.17, 15) is 4.79 Å². The van der Waals surface area contributed by atoms with Crippen LogP contribution < -0.4 is 5.32 Å². The zero-order valence-electron chi connectivity index (χ0n) is 13.6. The number of carbonyl (C=O) groups is 1. The number of nitrogens with zero attached hydrogens (tertiary/aromatic N) is 1. The second-order valence-corrected chi connectivity index (χ2v) is 6.65. The predicted octanol–water partition coefficient (Wildman–Crippen LogP) is 2.64. The Kier molecular flexibility index (Phi) is 5.87. The molecule has 1 heterocycles. The average molecular weight is 334 g/mol. The number of aliphatic hydroxyl groups excluding tert-OH is 1. The molecular weight excluding hydrogens is 312 g/mol. The Morgan fingerprint density at radius 1 is 1.39 bits per heavy atom. The summed E-state index contributed by atoms with van der Waals surface area (Å²) < 4.78 is 5.14. The first-order chi connectivity index (χ1) is 11.0. The van der Waals surface area contributed by atoms with E-state index in [1.807, 2.05) is 31.4 Å². The Morgan fingerprint density at radius 3 is 2.61 bits per heavy atom. The fourth-order valence-corrected chi connectivity index (χ4v) is 3.14. The highest BCUT2D eigenvalue weighted by Gasteiger charge is 2.26.